The van der Waals surface area contributed by atoms with Gasteiger partial charge in [-0.1, -0.05) is 54.3 Å². The van der Waals surface area contributed by atoms with Crippen LogP contribution in [0.25, 0.3) is 10.9 Å². The van der Waals surface area contributed by atoms with Crippen LogP contribution in [0.3, 0.4) is 0 Å². The highest BCUT2D eigenvalue weighted by Gasteiger charge is 2.40. The standard InChI is InChI=1S/C26H23ClF4N2O4.C17H18ClNO5.C9H7F4N.C9H5F4N.CH3B/c1-36-19-11-18(12-20(13-19)37-9-8-34)32-24(15-2-4-17(27)5-3-15)25(35)33-7-6-16-10-22(28)21(14-23(16)33)26(29,30)31;1-23-14-8-13(9-15(10-14)24-7-6-20)19-16(17(21)22)11-2-4-12(18)5-3-11;2*10-7-3-5-1-2-14-8(5)4-6(7)9(11,12)13;1-2/h2-5,10-14,24,32,34H,6-9H2,1H3;2-5,8-10,16,19-20H,6-7H2,1H3,(H,21,22);3-4,14H,1-2H2;1-4,14H;1H3. The Labute approximate surface area is 524 Å². The van der Waals surface area contributed by atoms with Gasteiger partial charge < -0.3 is 60.1 Å². The monoisotopic (exact) mass is 1320 g/mol. The predicted molar refractivity (Wildman–Crippen MR) is 320 cm³/mol. The zero-order valence-electron chi connectivity index (χ0n) is 48.1. The molecule has 14 nitrogen and oxygen atoms in total. The average Bonchev–Trinajstić information content (AvgIpc) is 1.74. The molecule has 2 unspecified atom stereocenters. The molecule has 1 amide bonds. The van der Waals surface area contributed by atoms with Gasteiger partial charge >= 0.3 is 24.5 Å². The second-order valence-corrected chi connectivity index (χ2v) is 20.2. The number of methoxy groups -OCH3 is 2. The van der Waals surface area contributed by atoms with E-state index < -0.39 is 76.6 Å². The van der Waals surface area contributed by atoms with Crippen LogP contribution in [0.1, 0.15) is 51.0 Å². The fourth-order valence-electron chi connectivity index (χ4n) is 9.09. The Morgan fingerprint density at radius 2 is 1.04 bits per heavy atom. The Morgan fingerprint density at radius 1 is 0.593 bits per heavy atom. The molecule has 0 spiro atoms. The van der Waals surface area contributed by atoms with Gasteiger partial charge in [0, 0.05) is 99.4 Å². The predicted octanol–water partition coefficient (Wildman–Crippen LogP) is 14.9. The molecule has 2 atom stereocenters. The number of aliphatic carboxylic acids is 1. The van der Waals surface area contributed by atoms with Crippen molar-refractivity contribution in [3.8, 4) is 23.0 Å². The van der Waals surface area contributed by atoms with Crippen molar-refractivity contribution in [1.82, 2.24) is 4.98 Å². The van der Waals surface area contributed by atoms with E-state index in [1.54, 1.807) is 84.9 Å². The van der Waals surface area contributed by atoms with Crippen LogP contribution in [-0.4, -0.2) is 93.8 Å². The third kappa shape index (κ3) is 19.4. The summed E-state index contributed by atoms with van der Waals surface area (Å²) in [5, 5.41) is 37.7. The summed E-state index contributed by atoms with van der Waals surface area (Å²) < 4.78 is 175. The summed E-state index contributed by atoms with van der Waals surface area (Å²) in [5.41, 5.74) is -0.271. The molecular formula is C62H56BCl2F12N5O9. The van der Waals surface area contributed by atoms with Crippen molar-refractivity contribution in [2.75, 3.05) is 74.6 Å². The number of hydrogen-bond donors (Lipinski definition) is 7. The van der Waals surface area contributed by atoms with Crippen LogP contribution in [-0.2, 0) is 41.0 Å². The number of aliphatic hydroxyl groups excluding tert-OH is 2. The van der Waals surface area contributed by atoms with Gasteiger partial charge in [-0.3, -0.25) is 4.79 Å². The van der Waals surface area contributed by atoms with E-state index in [2.05, 4.69) is 28.8 Å². The largest absolute Gasteiger partial charge is 0.497 e. The lowest BCUT2D eigenvalue weighted by Crippen LogP contribution is -2.37. The van der Waals surface area contributed by atoms with E-state index in [9.17, 15) is 67.4 Å². The minimum absolute atomic E-state index is 0.0112. The fraction of sp³-hybridized carbons (Fsp3) is 0.258. The highest BCUT2D eigenvalue weighted by atomic mass is 35.5. The Hall–Kier alpha value is -8.66. The van der Waals surface area contributed by atoms with Gasteiger partial charge in [0.05, 0.1) is 52.0 Å². The molecule has 91 heavy (non-hydrogen) atoms. The van der Waals surface area contributed by atoms with Gasteiger partial charge in [-0.25, -0.2) is 18.0 Å². The second-order valence-electron chi connectivity index (χ2n) is 19.3. The van der Waals surface area contributed by atoms with Gasteiger partial charge in [0.15, 0.2) is 6.04 Å². The first kappa shape index (κ1) is 71.4. The molecule has 0 saturated heterocycles. The van der Waals surface area contributed by atoms with Gasteiger partial charge in [-0.05, 0) is 102 Å². The highest BCUT2D eigenvalue weighted by Crippen LogP contribution is 2.41. The summed E-state index contributed by atoms with van der Waals surface area (Å²) >= 11 is 11.9. The third-order valence-electron chi connectivity index (χ3n) is 13.3. The Balaban J connectivity index is 0.000000208. The molecular weight excluding hydrogens is 1270 g/mol. The van der Waals surface area contributed by atoms with Crippen molar-refractivity contribution in [3.05, 3.63) is 200 Å². The molecule has 3 heterocycles. The minimum atomic E-state index is -4.91. The zero-order valence-corrected chi connectivity index (χ0v) is 49.6. The number of carbonyl (C=O) groups is 2. The maximum Gasteiger partial charge on any atom is 0.419 e. The molecule has 10 rings (SSSR count). The molecule has 1 aromatic heterocycles. The maximum atomic E-state index is 14.1. The number of aromatic amines is 1. The fourth-order valence-corrected chi connectivity index (χ4v) is 9.34. The van der Waals surface area contributed by atoms with Crippen LogP contribution >= 0.6 is 23.2 Å². The Morgan fingerprint density at radius 3 is 1.53 bits per heavy atom. The number of nitrogens with one attached hydrogen (secondary N) is 4. The molecule has 2 aliphatic rings. The van der Waals surface area contributed by atoms with Gasteiger partial charge in [0.25, 0.3) is 5.91 Å². The van der Waals surface area contributed by atoms with Crippen molar-refractivity contribution >= 4 is 76.6 Å². The normalized spacial score (nSPS) is 12.9. The van der Waals surface area contributed by atoms with Crippen molar-refractivity contribution in [1.29, 1.82) is 0 Å². The zero-order chi connectivity index (χ0) is 67.0. The summed E-state index contributed by atoms with van der Waals surface area (Å²) in [6, 6.07) is 27.3. The smallest absolute Gasteiger partial charge is 0.419 e. The van der Waals surface area contributed by atoms with Crippen LogP contribution in [0.4, 0.5) is 75.4 Å². The van der Waals surface area contributed by atoms with E-state index in [0.29, 0.717) is 96.8 Å². The molecule has 2 radical (unpaired) electrons. The molecule has 484 valence electrons. The number of halogens is 14. The molecule has 2 aliphatic heterocycles. The van der Waals surface area contributed by atoms with Crippen molar-refractivity contribution < 1.29 is 96.5 Å². The number of H-pyrrole nitrogens is 1. The SMILES string of the molecule is COc1cc(NC(C(=O)N2CCc3cc(F)c(C(F)(F)F)cc32)c2ccc(Cl)cc2)cc(OCCO)c1.COc1cc(NC(C(=O)O)c2ccc(Cl)cc2)cc(OCCO)c1.Fc1cc2c(cc1C(F)(F)F)NCC2.Fc1cc2cc[nH]c2cc1C(F)(F)F.[B]C. The number of carbonyl (C=O) groups excluding carboxylic acids is 1. The third-order valence-corrected chi connectivity index (χ3v) is 13.8. The lowest BCUT2D eigenvalue weighted by Gasteiger charge is -2.27. The minimum Gasteiger partial charge on any atom is -0.497 e. The number of fused-ring (bicyclic) bond motifs is 3. The number of rotatable bonds is 16. The van der Waals surface area contributed by atoms with Gasteiger partial charge in [-0.2, -0.15) is 39.5 Å². The number of nitrogens with zero attached hydrogens (tertiary/aromatic N) is 1. The van der Waals surface area contributed by atoms with Crippen molar-refractivity contribution in [2.24, 2.45) is 0 Å². The van der Waals surface area contributed by atoms with Crippen LogP contribution in [0, 0.1) is 17.5 Å². The summed E-state index contributed by atoms with van der Waals surface area (Å²) in [5.74, 6) is -3.63. The van der Waals surface area contributed by atoms with Gasteiger partial charge in [0.2, 0.25) is 0 Å². The van der Waals surface area contributed by atoms with E-state index in [4.69, 9.17) is 52.4 Å². The van der Waals surface area contributed by atoms with E-state index >= 15 is 0 Å². The molecule has 8 aromatic rings. The summed E-state index contributed by atoms with van der Waals surface area (Å²) in [6.45, 7) is 1.99. The molecule has 7 N–H and O–H groups in total. The summed E-state index contributed by atoms with van der Waals surface area (Å²) in [4.78, 5) is 29.2. The number of aromatic nitrogens is 1. The quantitative estimate of drug-likeness (QED) is 0.0359. The van der Waals surface area contributed by atoms with Gasteiger partial charge in [0.1, 0.15) is 59.7 Å². The van der Waals surface area contributed by atoms with Crippen LogP contribution in [0.15, 0.2) is 134 Å². The number of carboxylic acids is 1. The van der Waals surface area contributed by atoms with E-state index in [1.165, 1.54) is 38.2 Å². The number of anilines is 4. The summed E-state index contributed by atoms with van der Waals surface area (Å²) in [7, 11) is 7.46. The van der Waals surface area contributed by atoms with Crippen molar-refractivity contribution in [3.63, 3.8) is 0 Å². The molecule has 29 heteroatoms. The first-order chi connectivity index (χ1) is 43.1. The molecule has 0 bridgehead atoms. The first-order valence-electron chi connectivity index (χ1n) is 27.0. The number of amides is 1. The highest BCUT2D eigenvalue weighted by molar-refractivity contribution is 6.30. The van der Waals surface area contributed by atoms with E-state index in [-0.39, 0.29) is 50.6 Å². The number of hydrogen-bond acceptors (Lipinski definition) is 11. The van der Waals surface area contributed by atoms with E-state index in [1.807, 2.05) is 0 Å². The number of carboxylic acid groups (broad SMARTS) is 1. The second kappa shape index (κ2) is 31.9. The number of ether oxygens (including phenoxy) is 4. The lowest BCUT2D eigenvalue weighted by molar-refractivity contribution is -0.140. The van der Waals surface area contributed by atoms with Crippen molar-refractivity contribution in [2.45, 2.75) is 50.3 Å². The van der Waals surface area contributed by atoms with Crippen LogP contribution < -0.4 is 39.8 Å². The number of aliphatic hydroxyl groups is 2. The van der Waals surface area contributed by atoms with Crippen LogP contribution in [0.2, 0.25) is 16.9 Å². The molecule has 0 saturated carbocycles. The Kier molecular flexibility index (Phi) is 25.0. The first-order valence-corrected chi connectivity index (χ1v) is 27.7. The molecule has 0 aliphatic carbocycles. The molecule has 0 fully saturated rings. The Bertz CT molecular complexity index is 3750. The lowest BCUT2D eigenvalue weighted by atomic mass is 10.0. The summed E-state index contributed by atoms with van der Waals surface area (Å²) in [6.07, 6.45) is -11.9. The number of benzene rings is 7. The van der Waals surface area contributed by atoms with Gasteiger partial charge in [-0.15, -0.1) is 0 Å². The maximum absolute atomic E-state index is 14.1. The average molecular weight is 1320 g/mol. The van der Waals surface area contributed by atoms with E-state index in [0.717, 1.165) is 30.3 Å². The number of alkyl halides is 9. The molecule has 7 aromatic carbocycles. The topological polar surface area (TPSA) is 187 Å². The van der Waals surface area contributed by atoms with Crippen LogP contribution in [0.5, 0.6) is 23.0 Å².